The van der Waals surface area contributed by atoms with E-state index in [0.29, 0.717) is 12.7 Å². The van der Waals surface area contributed by atoms with E-state index in [0.717, 1.165) is 0 Å². The van der Waals surface area contributed by atoms with Gasteiger partial charge in [-0.3, -0.25) is 14.4 Å². The number of methoxy groups -OCH3 is 1. The molecule has 2 fully saturated rings. The Morgan fingerprint density at radius 3 is 2.24 bits per heavy atom. The van der Waals surface area contributed by atoms with Crippen LogP contribution in [0.15, 0.2) is 24.3 Å². The zero-order chi connectivity index (χ0) is 41.2. The number of aliphatic hydroxyl groups is 3. The van der Waals surface area contributed by atoms with Crippen molar-refractivity contribution in [2.75, 3.05) is 21.2 Å². The van der Waals surface area contributed by atoms with Gasteiger partial charge in [0.05, 0.1) is 36.9 Å². The predicted molar refractivity (Wildman–Crippen MR) is 196 cm³/mol. The summed E-state index contributed by atoms with van der Waals surface area (Å²) in [5, 5.41) is 34.3. The first kappa shape index (κ1) is 46.6. The van der Waals surface area contributed by atoms with Gasteiger partial charge in [-0.15, -0.1) is 0 Å². The number of esters is 3. The van der Waals surface area contributed by atoms with E-state index < -0.39 is 121 Å². The number of ether oxygens (including phenoxy) is 8. The maximum absolute atomic E-state index is 13.2. The molecule has 16 unspecified atom stereocenters. The topological polar surface area (TPSA) is 206 Å². The number of cyclic esters (lactones) is 1. The Kier molecular flexibility index (Phi) is 17.9. The van der Waals surface area contributed by atoms with Gasteiger partial charge in [0, 0.05) is 40.2 Å². The summed E-state index contributed by atoms with van der Waals surface area (Å²) >= 11 is 0. The molecule has 0 spiro atoms. The number of aliphatic hydroxyl groups excluding tert-OH is 2. The highest BCUT2D eigenvalue weighted by Crippen LogP contribution is 2.37. The number of likely N-dealkylation sites (N-methyl/N-ethyl adjacent to an activating group) is 1. The molecule has 55 heavy (non-hydrogen) atoms. The molecule has 3 heterocycles. The molecule has 0 bridgehead atoms. The molecule has 0 aliphatic carbocycles. The van der Waals surface area contributed by atoms with Gasteiger partial charge in [0.2, 0.25) is 0 Å². The van der Waals surface area contributed by atoms with Crippen LogP contribution in [0.1, 0.15) is 80.6 Å². The number of allylic oxidation sites excluding steroid dienone is 2. The number of hydrogen-bond acceptors (Lipinski definition) is 16. The second kappa shape index (κ2) is 21.1. The fourth-order valence-corrected chi connectivity index (χ4v) is 7.73. The number of aldehydes is 1. The highest BCUT2D eigenvalue weighted by atomic mass is 16.7. The predicted octanol–water partition coefficient (Wildman–Crippen LogP) is 1.99. The van der Waals surface area contributed by atoms with E-state index in [1.54, 1.807) is 64.1 Å². The normalized spacial score (nSPS) is 42.1. The summed E-state index contributed by atoms with van der Waals surface area (Å²) in [6.45, 7) is 10.9. The zero-order valence-corrected chi connectivity index (χ0v) is 33.8. The average molecular weight is 786 g/mol. The van der Waals surface area contributed by atoms with Crippen molar-refractivity contribution in [2.24, 2.45) is 11.8 Å². The number of carbonyl (C=O) groups excluding carboxylic acids is 4. The molecular formula is C39H63NO15. The molecule has 2 saturated heterocycles. The van der Waals surface area contributed by atoms with E-state index in [-0.39, 0.29) is 19.3 Å². The SMILES string of the molecule is COC1C(OC(C)=O)CC(=O)OC(C)C/C=C/C=C\C(O)C(C)CC(CC=O)C1OC1OC(C)C(OC2CC(C)(O)C(OC(C)=O)C(C)O2)C(N(C)C)C1O. The van der Waals surface area contributed by atoms with Crippen molar-refractivity contribution in [1.82, 2.24) is 4.90 Å². The second-order valence-corrected chi connectivity index (χ2v) is 15.5. The maximum Gasteiger partial charge on any atom is 0.309 e. The number of carbonyl (C=O) groups is 4. The van der Waals surface area contributed by atoms with E-state index in [1.165, 1.54) is 27.9 Å². The fraction of sp³-hybridized carbons (Fsp3) is 0.795. The largest absolute Gasteiger partial charge is 0.462 e. The molecule has 3 aliphatic heterocycles. The van der Waals surface area contributed by atoms with Gasteiger partial charge < -0.3 is 62.9 Å². The van der Waals surface area contributed by atoms with Crippen molar-refractivity contribution in [3.05, 3.63) is 24.3 Å². The van der Waals surface area contributed by atoms with Gasteiger partial charge in [-0.1, -0.05) is 31.2 Å². The first-order chi connectivity index (χ1) is 25.8. The Labute approximate surface area is 324 Å². The molecule has 0 saturated carbocycles. The third kappa shape index (κ3) is 13.1. The Bertz CT molecular complexity index is 1320. The first-order valence-corrected chi connectivity index (χ1v) is 19.0. The summed E-state index contributed by atoms with van der Waals surface area (Å²) in [5.41, 5.74) is -1.49. The van der Waals surface area contributed by atoms with Crippen molar-refractivity contribution in [1.29, 1.82) is 0 Å². The van der Waals surface area contributed by atoms with Crippen molar-refractivity contribution in [2.45, 2.75) is 166 Å². The van der Waals surface area contributed by atoms with Crippen LogP contribution < -0.4 is 0 Å². The minimum absolute atomic E-state index is 0.0477. The van der Waals surface area contributed by atoms with Crippen LogP contribution in [0.25, 0.3) is 0 Å². The quantitative estimate of drug-likeness (QED) is 0.165. The molecule has 16 nitrogen and oxygen atoms in total. The van der Waals surface area contributed by atoms with Crippen LogP contribution in [0.4, 0.5) is 0 Å². The molecule has 3 N–H and O–H groups in total. The van der Waals surface area contributed by atoms with E-state index >= 15 is 0 Å². The third-order valence-electron chi connectivity index (χ3n) is 10.4. The van der Waals surface area contributed by atoms with Gasteiger partial charge in [0.15, 0.2) is 18.7 Å². The van der Waals surface area contributed by atoms with Gasteiger partial charge in [-0.2, -0.15) is 0 Å². The standard InChI is InChI=1S/C39H63NO15/c1-21-18-27(16-17-41)35(36(48-10)29(52-25(5)42)19-30(45)49-22(2)14-12-11-13-15-28(21)44)55-38-33(46)32(40(8)9)34(23(3)51-38)54-31-20-39(7,47)37(24(4)50-31)53-26(6)43/h11-13,15,17,21-24,27-29,31-38,44,46-47H,14,16,18-20H2,1-10H3/b12-11+,15-13-. The van der Waals surface area contributed by atoms with Crippen LogP contribution in [0, 0.1) is 11.8 Å². The van der Waals surface area contributed by atoms with Crippen molar-refractivity contribution in [3.63, 3.8) is 0 Å². The smallest absolute Gasteiger partial charge is 0.309 e. The molecule has 16 atom stereocenters. The lowest BCUT2D eigenvalue weighted by Gasteiger charge is -2.50. The Balaban J connectivity index is 2.01. The highest BCUT2D eigenvalue weighted by Gasteiger charge is 2.52. The summed E-state index contributed by atoms with van der Waals surface area (Å²) < 4.78 is 48.0. The molecule has 0 aromatic carbocycles. The van der Waals surface area contributed by atoms with Crippen LogP contribution >= 0.6 is 0 Å². The Hall–Kier alpha value is -2.80. The van der Waals surface area contributed by atoms with Gasteiger partial charge in [0.25, 0.3) is 0 Å². The van der Waals surface area contributed by atoms with E-state index in [9.17, 15) is 34.5 Å². The number of rotatable bonds is 10. The number of nitrogens with zero attached hydrogens (tertiary/aromatic N) is 1. The van der Waals surface area contributed by atoms with E-state index in [2.05, 4.69) is 0 Å². The molecule has 16 heteroatoms. The zero-order valence-electron chi connectivity index (χ0n) is 33.8. The molecule has 0 aromatic heterocycles. The van der Waals surface area contributed by atoms with E-state index in [4.69, 9.17) is 37.9 Å². The van der Waals surface area contributed by atoms with Gasteiger partial charge >= 0.3 is 17.9 Å². The van der Waals surface area contributed by atoms with Crippen LogP contribution in [0.5, 0.6) is 0 Å². The van der Waals surface area contributed by atoms with Crippen LogP contribution in [0.2, 0.25) is 0 Å². The first-order valence-electron chi connectivity index (χ1n) is 19.0. The lowest BCUT2D eigenvalue weighted by Crippen LogP contribution is -2.66. The van der Waals surface area contributed by atoms with Crippen LogP contribution in [-0.4, -0.2) is 151 Å². The average Bonchev–Trinajstić information content (AvgIpc) is 3.06. The lowest BCUT2D eigenvalue weighted by atomic mass is 9.82. The summed E-state index contributed by atoms with van der Waals surface area (Å²) in [6, 6.07) is -0.778. The fourth-order valence-electron chi connectivity index (χ4n) is 7.73. The minimum atomic E-state index is -1.49. The minimum Gasteiger partial charge on any atom is -0.462 e. The molecule has 0 amide bonds. The highest BCUT2D eigenvalue weighted by molar-refractivity contribution is 5.72. The molecule has 0 aromatic rings. The van der Waals surface area contributed by atoms with Crippen molar-refractivity contribution >= 4 is 24.2 Å². The van der Waals surface area contributed by atoms with Gasteiger partial charge in [-0.25, -0.2) is 0 Å². The molecule has 3 aliphatic rings. The Morgan fingerprint density at radius 2 is 1.65 bits per heavy atom. The van der Waals surface area contributed by atoms with Crippen molar-refractivity contribution < 1.29 is 72.4 Å². The maximum atomic E-state index is 13.2. The molecule has 0 radical (unpaired) electrons. The Morgan fingerprint density at radius 1 is 0.982 bits per heavy atom. The van der Waals surface area contributed by atoms with Crippen LogP contribution in [0.3, 0.4) is 0 Å². The monoisotopic (exact) mass is 785 g/mol. The van der Waals surface area contributed by atoms with E-state index in [1.807, 2.05) is 6.92 Å². The molecular weight excluding hydrogens is 722 g/mol. The van der Waals surface area contributed by atoms with Crippen LogP contribution in [-0.2, 0) is 57.1 Å². The third-order valence-corrected chi connectivity index (χ3v) is 10.4. The summed E-state index contributed by atoms with van der Waals surface area (Å²) in [7, 11) is 4.84. The summed E-state index contributed by atoms with van der Waals surface area (Å²) in [5.74, 6) is -3.01. The lowest BCUT2D eigenvalue weighted by molar-refractivity contribution is -0.344. The molecule has 3 rings (SSSR count). The molecule has 314 valence electrons. The summed E-state index contributed by atoms with van der Waals surface area (Å²) in [4.78, 5) is 51.3. The van der Waals surface area contributed by atoms with Crippen molar-refractivity contribution in [3.8, 4) is 0 Å². The van der Waals surface area contributed by atoms with Gasteiger partial charge in [-0.05, 0) is 60.0 Å². The van der Waals surface area contributed by atoms with Gasteiger partial charge in [0.1, 0.15) is 42.4 Å². The number of hydrogen-bond donors (Lipinski definition) is 3. The second-order valence-electron chi connectivity index (χ2n) is 15.5. The summed E-state index contributed by atoms with van der Waals surface area (Å²) in [6.07, 6.45) is -4.26.